The molecule has 2 aromatic heterocycles. The van der Waals surface area contributed by atoms with Gasteiger partial charge in [-0.05, 0) is 12.1 Å². The number of nitrogens with zero attached hydrogens (tertiary/aromatic N) is 3. The number of nitrogen functional groups attached to an aromatic ring is 1. The molecule has 0 aliphatic rings. The van der Waals surface area contributed by atoms with E-state index < -0.39 is 0 Å². The molecule has 2 aromatic rings. The van der Waals surface area contributed by atoms with E-state index in [2.05, 4.69) is 20.5 Å². The van der Waals surface area contributed by atoms with E-state index in [1.807, 2.05) is 6.07 Å². The van der Waals surface area contributed by atoms with Gasteiger partial charge in [-0.25, -0.2) is 4.98 Å². The topological polar surface area (TPSA) is 103 Å². The van der Waals surface area contributed by atoms with Crippen LogP contribution < -0.4 is 11.1 Å². The summed E-state index contributed by atoms with van der Waals surface area (Å²) in [5, 5.41) is 18.1. The number of aromatic nitrogens is 3. The largest absolute Gasteiger partial charge is 0.384 e. The van der Waals surface area contributed by atoms with E-state index in [4.69, 9.17) is 11.0 Å². The summed E-state index contributed by atoms with van der Waals surface area (Å²) in [5.41, 5.74) is 7.05. The molecule has 0 saturated carbocycles. The molecule has 2 rings (SSSR count). The predicted octanol–water partition coefficient (Wildman–Crippen LogP) is 0.871. The Morgan fingerprint density at radius 1 is 1.44 bits per heavy atom. The van der Waals surface area contributed by atoms with E-state index in [0.717, 1.165) is 5.56 Å². The molecule has 16 heavy (non-hydrogen) atoms. The van der Waals surface area contributed by atoms with Gasteiger partial charge in [0.15, 0.2) is 0 Å². The predicted molar refractivity (Wildman–Crippen MR) is 59.3 cm³/mol. The highest BCUT2D eigenvalue weighted by molar-refractivity contribution is 5.43. The summed E-state index contributed by atoms with van der Waals surface area (Å²) in [6, 6.07) is 5.45. The number of rotatable bonds is 3. The summed E-state index contributed by atoms with van der Waals surface area (Å²) in [6.45, 7) is 0.543. The number of pyridine rings is 1. The normalized spacial score (nSPS) is 9.69. The summed E-state index contributed by atoms with van der Waals surface area (Å²) in [6.07, 6.45) is 3.17. The van der Waals surface area contributed by atoms with Gasteiger partial charge in [-0.15, -0.1) is 0 Å². The Balaban J connectivity index is 2.00. The molecule has 0 radical (unpaired) electrons. The molecule has 0 atom stereocenters. The van der Waals surface area contributed by atoms with Gasteiger partial charge in [0, 0.05) is 18.3 Å². The highest BCUT2D eigenvalue weighted by Gasteiger charge is 2.01. The van der Waals surface area contributed by atoms with Crippen molar-refractivity contribution in [3.05, 3.63) is 35.7 Å². The standard InChI is InChI=1S/C10H10N6/c11-3-7-1-2-9(13-4-7)14-5-8-6-15-16-10(8)12/h1-2,4,6H,5H2,(H,13,14)(H3,12,15,16). The van der Waals surface area contributed by atoms with Gasteiger partial charge in [0.05, 0.1) is 11.8 Å². The van der Waals surface area contributed by atoms with Gasteiger partial charge in [-0.3, -0.25) is 5.10 Å². The van der Waals surface area contributed by atoms with Crippen LogP contribution in [-0.4, -0.2) is 15.2 Å². The third-order valence-electron chi connectivity index (χ3n) is 2.10. The van der Waals surface area contributed by atoms with Crippen LogP contribution in [0.2, 0.25) is 0 Å². The second kappa shape index (κ2) is 4.31. The molecule has 6 nitrogen and oxygen atoms in total. The van der Waals surface area contributed by atoms with Crippen molar-refractivity contribution in [2.45, 2.75) is 6.54 Å². The molecule has 0 bridgehead atoms. The maximum Gasteiger partial charge on any atom is 0.126 e. The van der Waals surface area contributed by atoms with Crippen molar-refractivity contribution >= 4 is 11.6 Å². The Morgan fingerprint density at radius 3 is 2.88 bits per heavy atom. The van der Waals surface area contributed by atoms with Crippen LogP contribution in [0.25, 0.3) is 0 Å². The number of hydrogen-bond donors (Lipinski definition) is 3. The Morgan fingerprint density at radius 2 is 2.31 bits per heavy atom. The first-order chi connectivity index (χ1) is 7.79. The van der Waals surface area contributed by atoms with Gasteiger partial charge in [0.25, 0.3) is 0 Å². The maximum absolute atomic E-state index is 8.61. The van der Waals surface area contributed by atoms with E-state index in [0.29, 0.717) is 23.7 Å². The third-order valence-corrected chi connectivity index (χ3v) is 2.10. The van der Waals surface area contributed by atoms with Crippen molar-refractivity contribution in [3.8, 4) is 6.07 Å². The molecule has 0 saturated heterocycles. The molecule has 0 spiro atoms. The second-order valence-electron chi connectivity index (χ2n) is 3.21. The first-order valence-corrected chi connectivity index (χ1v) is 4.67. The van der Waals surface area contributed by atoms with Crippen LogP contribution in [0.3, 0.4) is 0 Å². The second-order valence-corrected chi connectivity index (χ2v) is 3.21. The smallest absolute Gasteiger partial charge is 0.126 e. The molecule has 2 heterocycles. The molecule has 0 aromatic carbocycles. The summed E-state index contributed by atoms with van der Waals surface area (Å²) < 4.78 is 0. The number of aromatic amines is 1. The minimum atomic E-state index is 0.536. The lowest BCUT2D eigenvalue weighted by atomic mass is 10.3. The van der Waals surface area contributed by atoms with Crippen LogP contribution in [0.5, 0.6) is 0 Å². The lowest BCUT2D eigenvalue weighted by Crippen LogP contribution is -2.02. The first kappa shape index (κ1) is 9.98. The summed E-state index contributed by atoms with van der Waals surface area (Å²) >= 11 is 0. The number of hydrogen-bond acceptors (Lipinski definition) is 5. The minimum Gasteiger partial charge on any atom is -0.384 e. The summed E-state index contributed by atoms with van der Waals surface area (Å²) in [5.74, 6) is 1.24. The van der Waals surface area contributed by atoms with E-state index >= 15 is 0 Å². The van der Waals surface area contributed by atoms with Crippen LogP contribution in [0, 0.1) is 11.3 Å². The average Bonchev–Trinajstić information content (AvgIpc) is 2.73. The number of nitrogens with one attached hydrogen (secondary N) is 2. The van der Waals surface area contributed by atoms with Crippen molar-refractivity contribution in [3.63, 3.8) is 0 Å². The number of nitrogens with two attached hydrogens (primary N) is 1. The molecule has 0 aliphatic carbocycles. The van der Waals surface area contributed by atoms with Gasteiger partial charge in [-0.2, -0.15) is 10.4 Å². The van der Waals surface area contributed by atoms with Gasteiger partial charge < -0.3 is 11.1 Å². The molecule has 6 heteroatoms. The fourth-order valence-corrected chi connectivity index (χ4v) is 1.21. The van der Waals surface area contributed by atoms with E-state index in [1.54, 1.807) is 18.3 Å². The zero-order valence-corrected chi connectivity index (χ0v) is 8.44. The molecule has 0 aliphatic heterocycles. The van der Waals surface area contributed by atoms with Gasteiger partial charge >= 0.3 is 0 Å². The van der Waals surface area contributed by atoms with Crippen molar-refractivity contribution in [1.82, 2.24) is 15.2 Å². The molecule has 0 unspecified atom stereocenters. The molecular weight excluding hydrogens is 204 g/mol. The van der Waals surface area contributed by atoms with Crippen LogP contribution in [-0.2, 0) is 6.54 Å². The fourth-order valence-electron chi connectivity index (χ4n) is 1.21. The van der Waals surface area contributed by atoms with E-state index in [1.165, 1.54) is 6.20 Å². The van der Waals surface area contributed by atoms with Crippen molar-refractivity contribution in [2.75, 3.05) is 11.1 Å². The zero-order valence-electron chi connectivity index (χ0n) is 8.44. The first-order valence-electron chi connectivity index (χ1n) is 4.67. The quantitative estimate of drug-likeness (QED) is 0.703. The molecule has 4 N–H and O–H groups in total. The van der Waals surface area contributed by atoms with Crippen molar-refractivity contribution in [2.24, 2.45) is 0 Å². The summed E-state index contributed by atoms with van der Waals surface area (Å²) in [7, 11) is 0. The summed E-state index contributed by atoms with van der Waals surface area (Å²) in [4.78, 5) is 4.07. The lowest BCUT2D eigenvalue weighted by Gasteiger charge is -2.03. The third kappa shape index (κ3) is 2.09. The molecular formula is C10H10N6. The van der Waals surface area contributed by atoms with Crippen LogP contribution >= 0.6 is 0 Å². The Bertz CT molecular complexity index is 507. The fraction of sp³-hybridized carbons (Fsp3) is 0.100. The minimum absolute atomic E-state index is 0.536. The van der Waals surface area contributed by atoms with E-state index in [-0.39, 0.29) is 0 Å². The average molecular weight is 214 g/mol. The van der Waals surface area contributed by atoms with Gasteiger partial charge in [-0.1, -0.05) is 0 Å². The lowest BCUT2D eigenvalue weighted by molar-refractivity contribution is 1.10. The molecule has 0 fully saturated rings. The van der Waals surface area contributed by atoms with Gasteiger partial charge in [0.2, 0.25) is 0 Å². The number of H-pyrrole nitrogens is 1. The molecule has 0 amide bonds. The van der Waals surface area contributed by atoms with Crippen LogP contribution in [0.1, 0.15) is 11.1 Å². The SMILES string of the molecule is N#Cc1ccc(NCc2cn[nH]c2N)nc1. The zero-order chi connectivity index (χ0) is 11.4. The highest BCUT2D eigenvalue weighted by Crippen LogP contribution is 2.10. The number of nitriles is 1. The van der Waals surface area contributed by atoms with Crippen LogP contribution in [0.4, 0.5) is 11.6 Å². The highest BCUT2D eigenvalue weighted by atomic mass is 15.1. The van der Waals surface area contributed by atoms with Gasteiger partial charge in [0.1, 0.15) is 17.7 Å². The van der Waals surface area contributed by atoms with Crippen molar-refractivity contribution < 1.29 is 0 Å². The Kier molecular flexibility index (Phi) is 2.69. The van der Waals surface area contributed by atoms with Crippen LogP contribution in [0.15, 0.2) is 24.5 Å². The van der Waals surface area contributed by atoms with E-state index in [9.17, 15) is 0 Å². The monoisotopic (exact) mass is 214 g/mol. The Labute approximate surface area is 92.1 Å². The number of anilines is 2. The van der Waals surface area contributed by atoms with Crippen molar-refractivity contribution in [1.29, 1.82) is 5.26 Å². The maximum atomic E-state index is 8.61. The Hall–Kier alpha value is -2.55. The molecule has 80 valence electrons.